The molecule has 2 nitrogen and oxygen atoms in total. The van der Waals surface area contributed by atoms with Crippen LogP contribution in [-0.2, 0) is 6.42 Å². The predicted molar refractivity (Wildman–Crippen MR) is 66.8 cm³/mol. The molecule has 0 aliphatic carbocycles. The van der Waals surface area contributed by atoms with E-state index in [4.69, 9.17) is 4.42 Å². The highest BCUT2D eigenvalue weighted by Crippen LogP contribution is 2.29. The first-order valence-electron chi connectivity index (χ1n) is 5.85. The third kappa shape index (κ3) is 1.84. The maximum absolute atomic E-state index is 5.75. The van der Waals surface area contributed by atoms with Crippen LogP contribution in [0.2, 0.25) is 0 Å². The molecule has 2 heterocycles. The summed E-state index contributed by atoms with van der Waals surface area (Å²) in [6.07, 6.45) is 1.06. The molecule has 0 aliphatic heterocycles. The van der Waals surface area contributed by atoms with Crippen LogP contribution in [0, 0.1) is 26.7 Å². The number of fused-ring (bicyclic) bond motifs is 1. The van der Waals surface area contributed by atoms with Gasteiger partial charge in [0.1, 0.15) is 5.76 Å². The standard InChI is InChI=1S/C14H19NO/c1-8(2)6-12-11(5)16-14-13(12)9(3)7-10(4)15-14/h7-8H,6H2,1-5H3. The Bertz CT molecular complexity index is 523. The van der Waals surface area contributed by atoms with E-state index in [-0.39, 0.29) is 0 Å². The van der Waals surface area contributed by atoms with Gasteiger partial charge in [0, 0.05) is 16.6 Å². The molecule has 0 aromatic carbocycles. The average Bonchev–Trinajstić information content (AvgIpc) is 2.41. The Labute approximate surface area is 96.7 Å². The predicted octanol–water partition coefficient (Wildman–Crippen LogP) is 3.95. The number of aromatic nitrogens is 1. The highest BCUT2D eigenvalue weighted by Gasteiger charge is 2.15. The van der Waals surface area contributed by atoms with E-state index >= 15 is 0 Å². The SMILES string of the molecule is Cc1cc(C)c2c(CC(C)C)c(C)oc2n1. The van der Waals surface area contributed by atoms with E-state index in [2.05, 4.69) is 31.8 Å². The van der Waals surface area contributed by atoms with Crippen molar-refractivity contribution in [1.29, 1.82) is 0 Å². The average molecular weight is 217 g/mol. The number of pyridine rings is 1. The fraction of sp³-hybridized carbons (Fsp3) is 0.500. The van der Waals surface area contributed by atoms with Crippen molar-refractivity contribution >= 4 is 11.1 Å². The van der Waals surface area contributed by atoms with Crippen LogP contribution >= 0.6 is 0 Å². The van der Waals surface area contributed by atoms with Crippen molar-refractivity contribution in [2.45, 2.75) is 41.0 Å². The maximum Gasteiger partial charge on any atom is 0.226 e. The highest BCUT2D eigenvalue weighted by molar-refractivity contribution is 5.82. The third-order valence-electron chi connectivity index (χ3n) is 2.90. The zero-order valence-corrected chi connectivity index (χ0v) is 10.7. The highest BCUT2D eigenvalue weighted by atomic mass is 16.3. The molecule has 2 aromatic rings. The molecule has 0 N–H and O–H groups in total. The Morgan fingerprint density at radius 2 is 1.94 bits per heavy atom. The molecule has 0 radical (unpaired) electrons. The molecule has 0 spiro atoms. The second-order valence-electron chi connectivity index (χ2n) is 5.00. The topological polar surface area (TPSA) is 26.0 Å². The van der Waals surface area contributed by atoms with E-state index in [1.165, 1.54) is 16.5 Å². The van der Waals surface area contributed by atoms with Gasteiger partial charge in [-0.15, -0.1) is 0 Å². The first kappa shape index (κ1) is 11.2. The normalized spacial score (nSPS) is 11.6. The van der Waals surface area contributed by atoms with Gasteiger partial charge in [-0.3, -0.25) is 0 Å². The van der Waals surface area contributed by atoms with Gasteiger partial charge in [0.2, 0.25) is 5.71 Å². The Morgan fingerprint density at radius 3 is 2.56 bits per heavy atom. The first-order chi connectivity index (χ1) is 7.49. The quantitative estimate of drug-likeness (QED) is 0.761. The Kier molecular flexibility index (Phi) is 2.75. The van der Waals surface area contributed by atoms with Crippen LogP contribution in [0.4, 0.5) is 0 Å². The molecule has 2 aromatic heterocycles. The lowest BCUT2D eigenvalue weighted by atomic mass is 9.98. The Morgan fingerprint density at radius 1 is 1.25 bits per heavy atom. The second kappa shape index (κ2) is 3.93. The number of hydrogen-bond acceptors (Lipinski definition) is 2. The van der Waals surface area contributed by atoms with E-state index in [9.17, 15) is 0 Å². The van der Waals surface area contributed by atoms with E-state index in [0.717, 1.165) is 23.6 Å². The lowest BCUT2D eigenvalue weighted by molar-refractivity contribution is 0.551. The van der Waals surface area contributed by atoms with Crippen LogP contribution in [0.1, 0.15) is 36.4 Å². The molecule has 0 aliphatic rings. The molecule has 0 atom stereocenters. The van der Waals surface area contributed by atoms with Gasteiger partial charge in [-0.2, -0.15) is 0 Å². The van der Waals surface area contributed by atoms with Crippen LogP contribution in [-0.4, -0.2) is 4.98 Å². The van der Waals surface area contributed by atoms with Crippen molar-refractivity contribution < 1.29 is 4.42 Å². The number of hydrogen-bond donors (Lipinski definition) is 0. The van der Waals surface area contributed by atoms with Crippen molar-refractivity contribution in [3.8, 4) is 0 Å². The van der Waals surface area contributed by atoms with Crippen LogP contribution in [0.15, 0.2) is 10.5 Å². The monoisotopic (exact) mass is 217 g/mol. The van der Waals surface area contributed by atoms with Crippen molar-refractivity contribution in [1.82, 2.24) is 4.98 Å². The molecule has 2 rings (SSSR count). The van der Waals surface area contributed by atoms with E-state index < -0.39 is 0 Å². The van der Waals surface area contributed by atoms with Gasteiger partial charge in [0.05, 0.1) is 0 Å². The summed E-state index contributed by atoms with van der Waals surface area (Å²) in [6, 6.07) is 2.13. The summed E-state index contributed by atoms with van der Waals surface area (Å²) in [7, 11) is 0. The molecule has 0 fully saturated rings. The molecule has 0 amide bonds. The summed E-state index contributed by atoms with van der Waals surface area (Å²) in [5, 5.41) is 1.22. The van der Waals surface area contributed by atoms with Gasteiger partial charge in [-0.25, -0.2) is 4.98 Å². The van der Waals surface area contributed by atoms with Crippen molar-refractivity contribution in [3.05, 3.63) is 28.6 Å². The van der Waals surface area contributed by atoms with Crippen molar-refractivity contribution in [2.75, 3.05) is 0 Å². The number of aryl methyl sites for hydroxylation is 3. The molecular weight excluding hydrogens is 198 g/mol. The molecule has 0 bridgehead atoms. The van der Waals surface area contributed by atoms with Gasteiger partial charge in [0.15, 0.2) is 0 Å². The van der Waals surface area contributed by atoms with Crippen molar-refractivity contribution in [2.24, 2.45) is 5.92 Å². The van der Waals surface area contributed by atoms with Gasteiger partial charge in [-0.1, -0.05) is 13.8 Å². The molecule has 16 heavy (non-hydrogen) atoms. The second-order valence-corrected chi connectivity index (χ2v) is 5.00. The summed E-state index contributed by atoms with van der Waals surface area (Å²) in [4.78, 5) is 4.46. The summed E-state index contributed by atoms with van der Waals surface area (Å²) < 4.78 is 5.75. The van der Waals surface area contributed by atoms with Gasteiger partial charge < -0.3 is 4.42 Å². The summed E-state index contributed by atoms with van der Waals surface area (Å²) in [5.74, 6) is 1.66. The van der Waals surface area contributed by atoms with Gasteiger partial charge >= 0.3 is 0 Å². The zero-order valence-electron chi connectivity index (χ0n) is 10.7. The lowest BCUT2D eigenvalue weighted by Gasteiger charge is -2.05. The number of rotatable bonds is 2. The molecule has 0 unspecified atom stereocenters. The number of nitrogens with zero attached hydrogens (tertiary/aromatic N) is 1. The number of furan rings is 1. The van der Waals surface area contributed by atoms with E-state index in [0.29, 0.717) is 5.92 Å². The molecule has 0 saturated heterocycles. The lowest BCUT2D eigenvalue weighted by Crippen LogP contribution is -1.96. The minimum atomic E-state index is 0.639. The van der Waals surface area contributed by atoms with Crippen LogP contribution in [0.25, 0.3) is 11.1 Å². The maximum atomic E-state index is 5.75. The summed E-state index contributed by atoms with van der Waals surface area (Å²) in [5.41, 5.74) is 4.42. The fourth-order valence-corrected chi connectivity index (χ4v) is 2.28. The third-order valence-corrected chi connectivity index (χ3v) is 2.90. The molecule has 86 valence electrons. The van der Waals surface area contributed by atoms with Gasteiger partial charge in [0.25, 0.3) is 0 Å². The Hall–Kier alpha value is -1.31. The Balaban J connectivity index is 2.68. The molecule has 0 saturated carbocycles. The van der Waals surface area contributed by atoms with Crippen LogP contribution in [0.3, 0.4) is 0 Å². The van der Waals surface area contributed by atoms with Crippen LogP contribution in [0.5, 0.6) is 0 Å². The van der Waals surface area contributed by atoms with E-state index in [1.54, 1.807) is 0 Å². The van der Waals surface area contributed by atoms with Gasteiger partial charge in [-0.05, 0) is 44.7 Å². The first-order valence-corrected chi connectivity index (χ1v) is 5.85. The van der Waals surface area contributed by atoms with Crippen molar-refractivity contribution in [3.63, 3.8) is 0 Å². The largest absolute Gasteiger partial charge is 0.443 e. The summed E-state index contributed by atoms with van der Waals surface area (Å²) >= 11 is 0. The minimum Gasteiger partial charge on any atom is -0.443 e. The smallest absolute Gasteiger partial charge is 0.226 e. The molecule has 2 heteroatoms. The summed E-state index contributed by atoms with van der Waals surface area (Å²) in [6.45, 7) is 10.6. The van der Waals surface area contributed by atoms with E-state index in [1.807, 2.05) is 13.8 Å². The fourth-order valence-electron chi connectivity index (χ4n) is 2.28. The zero-order chi connectivity index (χ0) is 11.9. The molecular formula is C14H19NO. The minimum absolute atomic E-state index is 0.639. The van der Waals surface area contributed by atoms with Crippen LogP contribution < -0.4 is 0 Å².